The van der Waals surface area contributed by atoms with Crippen molar-refractivity contribution in [3.8, 4) is 100 Å². The van der Waals surface area contributed by atoms with Crippen LogP contribution in [-0.2, 0) is 0 Å². The molecule has 16 aromatic carbocycles. The summed E-state index contributed by atoms with van der Waals surface area (Å²) in [5.41, 5.74) is 29.2. The van der Waals surface area contributed by atoms with Crippen molar-refractivity contribution in [3.63, 3.8) is 0 Å². The molecule has 0 N–H and O–H groups in total. The Labute approximate surface area is 592 Å². The Hall–Kier alpha value is -13.3. The monoisotopic (exact) mass is 1300 g/mol. The van der Waals surface area contributed by atoms with Crippen molar-refractivity contribution >= 4 is 87.9 Å². The minimum Gasteiger partial charge on any atom is -0.455 e. The van der Waals surface area contributed by atoms with Crippen molar-refractivity contribution in [2.24, 2.45) is 0 Å². The highest BCUT2D eigenvalue weighted by atomic mass is 16.3. The van der Waals surface area contributed by atoms with Crippen molar-refractivity contribution in [2.75, 3.05) is 11.4 Å². The Morgan fingerprint density at radius 2 is 0.578 bits per heavy atom. The molecule has 0 saturated heterocycles. The number of fused-ring (bicyclic) bond motifs is 9. The predicted molar refractivity (Wildman–Crippen MR) is 431 cm³/mol. The largest absolute Gasteiger partial charge is 0.455 e. The average molecular weight is 1300 g/mol. The van der Waals surface area contributed by atoms with Gasteiger partial charge in [0, 0.05) is 67.3 Å². The molecule has 1 aliphatic heterocycles. The molecule has 0 saturated carbocycles. The molecule has 19 rings (SSSR count). The lowest BCUT2D eigenvalue weighted by molar-refractivity contribution is 0.669. The summed E-state index contributed by atoms with van der Waals surface area (Å²) in [5, 5.41) is 9.00. The number of hydrogen-bond acceptors (Lipinski definition) is 3. The molecule has 0 amide bonds. The summed E-state index contributed by atoms with van der Waals surface area (Å²) in [4.78, 5) is 2.50. The summed E-state index contributed by atoms with van der Waals surface area (Å²) >= 11 is 0. The van der Waals surface area contributed by atoms with E-state index in [1.807, 2.05) is 0 Å². The zero-order valence-electron chi connectivity index (χ0n) is 55.9. The average Bonchev–Trinajstić information content (AvgIpc) is 1.37. The highest BCUT2D eigenvalue weighted by Gasteiger charge is 2.26. The fourth-order valence-corrected chi connectivity index (χ4v) is 15.7. The third-order valence-corrected chi connectivity index (χ3v) is 20.6. The summed E-state index contributed by atoms with van der Waals surface area (Å²) < 4.78 is 15.0. The minimum absolute atomic E-state index is 0.471. The minimum atomic E-state index is 0.471. The molecule has 0 fully saturated rings. The van der Waals surface area contributed by atoms with Crippen LogP contribution in [0.1, 0.15) is 11.1 Å². The molecule has 0 atom stereocenters. The van der Waals surface area contributed by atoms with E-state index in [9.17, 15) is 0 Å². The van der Waals surface area contributed by atoms with Gasteiger partial charge in [0.15, 0.2) is 0 Å². The molecule has 3 heterocycles. The topological polar surface area (TPSA) is 29.5 Å². The first-order chi connectivity index (χ1) is 50.5. The Morgan fingerprint density at radius 3 is 1.00 bits per heavy atom. The van der Waals surface area contributed by atoms with Gasteiger partial charge in [0.25, 0.3) is 0 Å². The van der Waals surface area contributed by atoms with E-state index in [1.54, 1.807) is 0 Å². The SMILES string of the molecule is C=C1/C=C\C(c2cc(-c3ccccc3)cc3c2oc2c(-c4ccccc4)cc(-c4ccccc4)cc23)=C/CN(c2cccc(-c3c4ccccc4c(-c4ccccc4)c4ccccc34)c2)c2cc(-c3cc(-c4ccccc4)cc4c3oc3c(-c5ccccc5)cc(-c5ccccc5)cc34)ccc21. The Bertz CT molecular complexity index is 6310. The van der Waals surface area contributed by atoms with E-state index >= 15 is 0 Å². The zero-order valence-corrected chi connectivity index (χ0v) is 55.9. The highest BCUT2D eigenvalue weighted by Crippen LogP contribution is 2.50. The molecule has 3 heteroatoms. The van der Waals surface area contributed by atoms with Gasteiger partial charge in [-0.2, -0.15) is 0 Å². The molecule has 1 aliphatic rings. The maximum atomic E-state index is 7.48. The van der Waals surface area contributed by atoms with Crippen LogP contribution in [0, 0.1) is 0 Å². The number of hydrogen-bond donors (Lipinski definition) is 0. The first-order valence-electron chi connectivity index (χ1n) is 35.0. The molecule has 478 valence electrons. The van der Waals surface area contributed by atoms with Crippen molar-refractivity contribution in [2.45, 2.75) is 0 Å². The number of allylic oxidation sites excluding steroid dienone is 4. The third kappa shape index (κ3) is 10.5. The summed E-state index contributed by atoms with van der Waals surface area (Å²) in [6.07, 6.45) is 6.85. The van der Waals surface area contributed by atoms with Gasteiger partial charge in [-0.15, -0.1) is 0 Å². The number of rotatable bonds is 11. The first kappa shape index (κ1) is 59.9. The van der Waals surface area contributed by atoms with Crippen LogP contribution in [0.2, 0.25) is 0 Å². The van der Waals surface area contributed by atoms with Gasteiger partial charge in [0.2, 0.25) is 0 Å². The van der Waals surface area contributed by atoms with Crippen LogP contribution in [0.5, 0.6) is 0 Å². The van der Waals surface area contributed by atoms with Gasteiger partial charge in [0.05, 0.1) is 0 Å². The molecule has 0 bridgehead atoms. The van der Waals surface area contributed by atoms with Crippen molar-refractivity contribution in [3.05, 3.63) is 388 Å². The van der Waals surface area contributed by atoms with Gasteiger partial charge in [0.1, 0.15) is 22.3 Å². The lowest BCUT2D eigenvalue weighted by atomic mass is 9.86. The molecule has 18 aromatic rings. The Morgan fingerprint density at radius 1 is 0.235 bits per heavy atom. The van der Waals surface area contributed by atoms with Gasteiger partial charge in [-0.05, 0) is 183 Å². The van der Waals surface area contributed by atoms with Crippen LogP contribution < -0.4 is 4.90 Å². The van der Waals surface area contributed by atoms with E-state index < -0.39 is 0 Å². The summed E-state index contributed by atoms with van der Waals surface area (Å²) in [6.45, 7) is 5.46. The van der Waals surface area contributed by atoms with Gasteiger partial charge < -0.3 is 13.7 Å². The molecule has 0 radical (unpaired) electrons. The lowest BCUT2D eigenvalue weighted by Crippen LogP contribution is -2.18. The summed E-state index contributed by atoms with van der Waals surface area (Å²) in [6, 6.07) is 128. The van der Waals surface area contributed by atoms with Crippen LogP contribution in [0.4, 0.5) is 11.4 Å². The van der Waals surface area contributed by atoms with E-state index in [2.05, 4.69) is 375 Å². The first-order valence-corrected chi connectivity index (χ1v) is 35.0. The van der Waals surface area contributed by atoms with E-state index in [-0.39, 0.29) is 0 Å². The molecule has 0 aliphatic carbocycles. The smallest absolute Gasteiger partial charge is 0.143 e. The maximum Gasteiger partial charge on any atom is 0.143 e. The second-order valence-corrected chi connectivity index (χ2v) is 26.6. The second-order valence-electron chi connectivity index (χ2n) is 26.6. The molecule has 0 unspecified atom stereocenters. The number of furan rings is 2. The number of anilines is 2. The van der Waals surface area contributed by atoms with E-state index in [0.29, 0.717) is 6.54 Å². The Balaban J connectivity index is 0.856. The van der Waals surface area contributed by atoms with Crippen LogP contribution in [0.3, 0.4) is 0 Å². The number of nitrogens with zero attached hydrogens (tertiary/aromatic N) is 1. The van der Waals surface area contributed by atoms with Crippen LogP contribution >= 0.6 is 0 Å². The van der Waals surface area contributed by atoms with Gasteiger partial charge in [-0.25, -0.2) is 0 Å². The van der Waals surface area contributed by atoms with Gasteiger partial charge in [-0.3, -0.25) is 0 Å². The normalized spacial score (nSPS) is 13.3. The third-order valence-electron chi connectivity index (χ3n) is 20.6. The van der Waals surface area contributed by atoms with Gasteiger partial charge in [-0.1, -0.05) is 310 Å². The number of benzene rings is 16. The van der Waals surface area contributed by atoms with E-state index in [1.165, 1.54) is 38.2 Å². The molecule has 2 aromatic heterocycles. The van der Waals surface area contributed by atoms with Crippen LogP contribution in [0.25, 0.3) is 177 Å². The summed E-state index contributed by atoms with van der Waals surface area (Å²) in [7, 11) is 0. The van der Waals surface area contributed by atoms with Gasteiger partial charge >= 0.3 is 0 Å². The van der Waals surface area contributed by atoms with Crippen LogP contribution in [0.15, 0.2) is 385 Å². The van der Waals surface area contributed by atoms with E-state index in [0.717, 1.165) is 161 Å². The van der Waals surface area contributed by atoms with E-state index in [4.69, 9.17) is 15.4 Å². The maximum absolute atomic E-state index is 7.48. The van der Waals surface area contributed by atoms with Crippen LogP contribution in [-0.4, -0.2) is 6.54 Å². The quantitative estimate of drug-likeness (QED) is 0.121. The second kappa shape index (κ2) is 25.2. The highest BCUT2D eigenvalue weighted by molar-refractivity contribution is 6.22. The van der Waals surface area contributed by atoms with Crippen molar-refractivity contribution in [1.29, 1.82) is 0 Å². The molecular weight excluding hydrogens is 1240 g/mol. The molecule has 3 nitrogen and oxygen atoms in total. The fourth-order valence-electron chi connectivity index (χ4n) is 15.7. The standard InChI is InChI=1S/C99H65NO2/c1-64-48-49-71(87-57-77(67-32-13-4-14-33-67)61-90-89-59-75(65-28-9-2-10-29-65)55-85(96(89)101-98(87)90)69-36-17-6-18-37-69)52-53-100(79-43-27-42-74(54-79)95-83-46-25-23-44-81(83)94(72-40-21-8-22-41-72)82-45-24-26-47-84(82)95)93-63-73(50-51-80(64)93)88-58-78(68-34-15-5-16-35-68)62-92-91-60-76(66-30-11-3-12-31-66)56-86(97(91)102-99(88)92)70-38-19-7-20-39-70/h2-52,54-63H,1,53H2/b49-48-,71-52+. The summed E-state index contributed by atoms with van der Waals surface area (Å²) in [5.74, 6) is 0. The predicted octanol–water partition coefficient (Wildman–Crippen LogP) is 27.6. The van der Waals surface area contributed by atoms with Crippen molar-refractivity contribution in [1.82, 2.24) is 0 Å². The van der Waals surface area contributed by atoms with Crippen molar-refractivity contribution < 1.29 is 8.83 Å². The molecule has 0 spiro atoms. The molecular formula is C99H65NO2. The Kier molecular flexibility index (Phi) is 14.8. The lowest BCUT2D eigenvalue weighted by Gasteiger charge is -2.28. The molecule has 102 heavy (non-hydrogen) atoms. The zero-order chi connectivity index (χ0) is 67.6. The fraction of sp³-hybridized carbons (Fsp3) is 0.0101.